The number of rotatable bonds is 6. The summed E-state index contributed by atoms with van der Waals surface area (Å²) < 4.78 is 14.8. The molecule has 1 aromatic rings. The Morgan fingerprint density at radius 3 is 2.45 bits per heavy atom. The fraction of sp³-hybridized carbons (Fsp3) is 0.417. The molecule has 0 aliphatic heterocycles. The maximum absolute atomic E-state index is 5.99. The van der Waals surface area contributed by atoms with Crippen molar-refractivity contribution in [3.8, 4) is 0 Å². The van der Waals surface area contributed by atoms with Crippen LogP contribution in [0.15, 0.2) is 23.0 Å². The van der Waals surface area contributed by atoms with Crippen LogP contribution >= 0.6 is 41.6 Å². The van der Waals surface area contributed by atoms with Crippen molar-refractivity contribution in [2.75, 3.05) is 14.2 Å². The van der Waals surface area contributed by atoms with E-state index in [9.17, 15) is 0 Å². The highest BCUT2D eigenvalue weighted by Gasteiger charge is 2.15. The van der Waals surface area contributed by atoms with Gasteiger partial charge in [0.2, 0.25) is 0 Å². The van der Waals surface area contributed by atoms with Crippen LogP contribution in [0.5, 0.6) is 0 Å². The molecule has 8 heteroatoms. The van der Waals surface area contributed by atoms with E-state index >= 15 is 0 Å². The zero-order valence-corrected chi connectivity index (χ0v) is 15.5. The Morgan fingerprint density at radius 1 is 1.30 bits per heavy atom. The molecule has 1 aromatic carbocycles. The van der Waals surface area contributed by atoms with E-state index in [1.807, 2.05) is 19.1 Å². The van der Waals surface area contributed by atoms with E-state index in [2.05, 4.69) is 4.76 Å². The highest BCUT2D eigenvalue weighted by molar-refractivity contribution is 8.14. The SMILES string of the molecule is CCC(=NP(=S)(OC)OC)SCc1ccc(Cl)c(Cl)c1. The Hall–Kier alpha value is 0.390. The molecule has 0 atom stereocenters. The maximum atomic E-state index is 5.99. The molecule has 0 heterocycles. The van der Waals surface area contributed by atoms with E-state index in [0.29, 0.717) is 10.0 Å². The number of hydrogen-bond donors (Lipinski definition) is 0. The van der Waals surface area contributed by atoms with E-state index in [-0.39, 0.29) is 0 Å². The smallest absolute Gasteiger partial charge is 0.309 e. The lowest BCUT2D eigenvalue weighted by Crippen LogP contribution is -1.94. The van der Waals surface area contributed by atoms with Crippen molar-refractivity contribution in [2.45, 2.75) is 19.1 Å². The van der Waals surface area contributed by atoms with E-state index in [1.165, 1.54) is 14.2 Å². The molecule has 0 aliphatic rings. The van der Waals surface area contributed by atoms with Gasteiger partial charge in [-0.05, 0) is 35.9 Å². The molecular weight excluding hydrogens is 356 g/mol. The zero-order chi connectivity index (χ0) is 15.2. The summed E-state index contributed by atoms with van der Waals surface area (Å²) in [6.07, 6.45) is 0.775. The highest BCUT2D eigenvalue weighted by Crippen LogP contribution is 2.49. The Balaban J connectivity index is 2.77. The average molecular weight is 372 g/mol. The minimum atomic E-state index is -2.54. The summed E-state index contributed by atoms with van der Waals surface area (Å²) in [5.74, 6) is 0.742. The van der Waals surface area contributed by atoms with Crippen LogP contribution in [-0.4, -0.2) is 19.3 Å². The van der Waals surface area contributed by atoms with Gasteiger partial charge in [0.25, 0.3) is 0 Å². The molecule has 1 rings (SSSR count). The quantitative estimate of drug-likeness (QED) is 0.372. The molecule has 0 fully saturated rings. The largest absolute Gasteiger partial charge is 0.316 e. The van der Waals surface area contributed by atoms with Crippen LogP contribution in [0.1, 0.15) is 18.9 Å². The van der Waals surface area contributed by atoms with Crippen LogP contribution in [0, 0.1) is 0 Å². The van der Waals surface area contributed by atoms with Crippen molar-refractivity contribution in [2.24, 2.45) is 4.76 Å². The van der Waals surface area contributed by atoms with Gasteiger partial charge < -0.3 is 9.05 Å². The molecule has 0 amide bonds. The zero-order valence-electron chi connectivity index (χ0n) is 11.4. The summed E-state index contributed by atoms with van der Waals surface area (Å²) in [6.45, 7) is -0.520. The molecule has 0 saturated heterocycles. The predicted molar refractivity (Wildman–Crippen MR) is 93.8 cm³/mol. The van der Waals surface area contributed by atoms with Gasteiger partial charge in [-0.15, -0.1) is 11.8 Å². The van der Waals surface area contributed by atoms with Crippen LogP contribution < -0.4 is 0 Å². The van der Waals surface area contributed by atoms with E-state index in [0.717, 1.165) is 22.8 Å². The van der Waals surface area contributed by atoms with Gasteiger partial charge in [-0.25, -0.2) is 4.76 Å². The lowest BCUT2D eigenvalue weighted by molar-refractivity contribution is 0.338. The van der Waals surface area contributed by atoms with Crippen LogP contribution in [-0.2, 0) is 26.6 Å². The lowest BCUT2D eigenvalue weighted by atomic mass is 10.2. The third kappa shape index (κ3) is 5.64. The minimum Gasteiger partial charge on any atom is -0.316 e. The number of nitrogens with zero attached hydrogens (tertiary/aromatic N) is 1. The summed E-state index contributed by atoms with van der Waals surface area (Å²) in [4.78, 5) is 0. The summed E-state index contributed by atoms with van der Waals surface area (Å²) in [6, 6.07) is 5.58. The van der Waals surface area contributed by atoms with E-state index in [4.69, 9.17) is 44.1 Å². The first-order chi connectivity index (χ1) is 9.44. The lowest BCUT2D eigenvalue weighted by Gasteiger charge is -2.14. The topological polar surface area (TPSA) is 30.8 Å². The van der Waals surface area contributed by atoms with Crippen LogP contribution in [0.4, 0.5) is 0 Å². The van der Waals surface area contributed by atoms with Crippen molar-refractivity contribution in [3.05, 3.63) is 33.8 Å². The second-order valence-electron chi connectivity index (χ2n) is 3.72. The van der Waals surface area contributed by atoms with Crippen LogP contribution in [0.25, 0.3) is 0 Å². The fourth-order valence-electron chi connectivity index (χ4n) is 1.29. The minimum absolute atomic E-state index is 0.554. The molecular formula is C12H16Cl2NO2PS2. The summed E-state index contributed by atoms with van der Waals surface area (Å²) in [7, 11) is 3.04. The monoisotopic (exact) mass is 371 g/mol. The van der Waals surface area contributed by atoms with Gasteiger partial charge >= 0.3 is 6.64 Å². The predicted octanol–water partition coefficient (Wildman–Crippen LogP) is 5.55. The van der Waals surface area contributed by atoms with E-state index < -0.39 is 6.64 Å². The molecule has 0 aliphatic carbocycles. The third-order valence-corrected chi connectivity index (χ3v) is 7.00. The Labute approximate surface area is 139 Å². The number of benzene rings is 1. The first kappa shape index (κ1) is 18.4. The first-order valence-corrected chi connectivity index (χ1v) is 10.1. The molecule has 0 radical (unpaired) electrons. The van der Waals surface area contributed by atoms with Crippen LogP contribution in [0.2, 0.25) is 10.0 Å². The Bertz CT molecular complexity index is 532. The Morgan fingerprint density at radius 2 is 1.95 bits per heavy atom. The molecule has 0 spiro atoms. The second kappa shape index (κ2) is 8.74. The number of hydrogen-bond acceptors (Lipinski definition) is 4. The summed E-state index contributed by atoms with van der Waals surface area (Å²) in [5, 5.41) is 2.01. The molecule has 112 valence electrons. The van der Waals surface area contributed by atoms with Crippen molar-refractivity contribution in [3.63, 3.8) is 0 Å². The van der Waals surface area contributed by atoms with Crippen molar-refractivity contribution in [1.29, 1.82) is 0 Å². The van der Waals surface area contributed by atoms with E-state index in [1.54, 1.807) is 17.8 Å². The van der Waals surface area contributed by atoms with Gasteiger partial charge in [0.1, 0.15) is 0 Å². The molecule has 0 aromatic heterocycles. The van der Waals surface area contributed by atoms with Crippen molar-refractivity contribution >= 4 is 58.5 Å². The maximum Gasteiger partial charge on any atom is 0.309 e. The molecule has 0 unspecified atom stereocenters. The summed E-state index contributed by atoms with van der Waals surface area (Å²) in [5.41, 5.74) is 1.08. The third-order valence-electron chi connectivity index (χ3n) is 2.39. The van der Waals surface area contributed by atoms with Crippen LogP contribution in [0.3, 0.4) is 0 Å². The highest BCUT2D eigenvalue weighted by atomic mass is 35.5. The van der Waals surface area contributed by atoms with Crippen molar-refractivity contribution < 1.29 is 9.05 Å². The normalized spacial score (nSPS) is 12.8. The molecule has 0 bridgehead atoms. The van der Waals surface area contributed by atoms with Gasteiger partial charge in [0.05, 0.1) is 15.1 Å². The van der Waals surface area contributed by atoms with Gasteiger partial charge in [-0.2, -0.15) is 0 Å². The first-order valence-electron chi connectivity index (χ1n) is 5.81. The van der Waals surface area contributed by atoms with Crippen molar-refractivity contribution in [1.82, 2.24) is 0 Å². The number of halogens is 2. The second-order valence-corrected chi connectivity index (χ2v) is 8.83. The van der Waals surface area contributed by atoms with Gasteiger partial charge in [-0.1, -0.05) is 36.2 Å². The molecule has 3 nitrogen and oxygen atoms in total. The summed E-state index contributed by atoms with van der Waals surface area (Å²) >= 11 is 18.7. The fourth-order valence-corrected chi connectivity index (χ4v) is 4.06. The Kier molecular flexibility index (Phi) is 8.06. The molecule has 20 heavy (non-hydrogen) atoms. The standard InChI is InChI=1S/C12H16Cl2NO2PS2/c1-4-12(15-18(19,16-2)17-3)20-8-9-5-6-10(13)11(14)7-9/h5-7H,4,8H2,1-3H3. The van der Waals surface area contributed by atoms with Gasteiger partial charge in [0.15, 0.2) is 0 Å². The average Bonchev–Trinajstić information content (AvgIpc) is 2.46. The van der Waals surface area contributed by atoms with Gasteiger partial charge in [-0.3, -0.25) is 0 Å². The number of thioether (sulfide) groups is 1. The molecule has 0 saturated carbocycles. The van der Waals surface area contributed by atoms with Gasteiger partial charge in [0, 0.05) is 20.0 Å². The molecule has 0 N–H and O–H groups in total.